The van der Waals surface area contributed by atoms with Gasteiger partial charge >= 0.3 is 0 Å². The first kappa shape index (κ1) is 22.0. The normalized spacial score (nSPS) is 15.2. The molecule has 0 saturated carbocycles. The molecule has 0 aliphatic carbocycles. The van der Waals surface area contributed by atoms with E-state index in [-0.39, 0.29) is 30.3 Å². The summed E-state index contributed by atoms with van der Waals surface area (Å²) in [4.78, 5) is 16.5. The molecule has 2 aromatic rings. The van der Waals surface area contributed by atoms with Gasteiger partial charge in [-0.3, -0.25) is 9.78 Å². The molecule has 0 bridgehead atoms. The Morgan fingerprint density at radius 3 is 2.61 bits per heavy atom. The van der Waals surface area contributed by atoms with E-state index in [1.165, 1.54) is 0 Å². The molecule has 1 aliphatic rings. The van der Waals surface area contributed by atoms with Crippen LogP contribution in [0.1, 0.15) is 36.9 Å². The van der Waals surface area contributed by atoms with Crippen molar-refractivity contribution in [3.8, 4) is 11.5 Å². The van der Waals surface area contributed by atoms with Crippen LogP contribution in [0.5, 0.6) is 11.5 Å². The average Bonchev–Trinajstić information content (AvgIpc) is 2.73. The standard InChI is InChI=1S/C21H27N3O3.ClH/c1-15(24-21(25)17-7-11-23-12-8-17)18-3-4-19(20(13-18)26-2)27-14-16-5-9-22-10-6-16;/h3-6,9-10,13,15,17,23H,7-8,11-12,14H2,1-2H3,(H,24,25);1H. The van der Waals surface area contributed by atoms with E-state index in [2.05, 4.69) is 15.6 Å². The maximum atomic E-state index is 12.5. The molecule has 1 fully saturated rings. The zero-order valence-corrected chi connectivity index (χ0v) is 17.1. The van der Waals surface area contributed by atoms with Crippen molar-refractivity contribution in [2.45, 2.75) is 32.4 Å². The van der Waals surface area contributed by atoms with Crippen LogP contribution in [0.3, 0.4) is 0 Å². The van der Waals surface area contributed by atoms with Crippen molar-refractivity contribution < 1.29 is 14.3 Å². The summed E-state index contributed by atoms with van der Waals surface area (Å²) in [6.07, 6.45) is 5.27. The highest BCUT2D eigenvalue weighted by atomic mass is 35.5. The second kappa shape index (κ2) is 10.9. The number of benzene rings is 1. The number of ether oxygens (including phenoxy) is 2. The van der Waals surface area contributed by atoms with Crippen LogP contribution in [-0.2, 0) is 11.4 Å². The van der Waals surface area contributed by atoms with Gasteiger partial charge in [0.1, 0.15) is 6.61 Å². The average molecular weight is 406 g/mol. The minimum absolute atomic E-state index is 0. The minimum Gasteiger partial charge on any atom is -0.493 e. The molecule has 7 heteroatoms. The van der Waals surface area contributed by atoms with Gasteiger partial charge in [0.25, 0.3) is 0 Å². The number of pyridine rings is 1. The fourth-order valence-electron chi connectivity index (χ4n) is 3.21. The molecule has 1 atom stereocenters. The zero-order chi connectivity index (χ0) is 19.1. The largest absolute Gasteiger partial charge is 0.493 e. The number of halogens is 1. The number of amides is 1. The molecule has 0 spiro atoms. The van der Waals surface area contributed by atoms with Crippen molar-refractivity contribution in [1.29, 1.82) is 0 Å². The number of nitrogens with zero attached hydrogens (tertiary/aromatic N) is 1. The van der Waals surface area contributed by atoms with Gasteiger partial charge in [0.15, 0.2) is 11.5 Å². The van der Waals surface area contributed by atoms with Gasteiger partial charge in [-0.15, -0.1) is 12.4 Å². The molecule has 1 aromatic heterocycles. The maximum absolute atomic E-state index is 12.5. The molecule has 3 rings (SSSR count). The Bertz CT molecular complexity index is 752. The molecule has 2 N–H and O–H groups in total. The number of hydrogen-bond acceptors (Lipinski definition) is 5. The number of rotatable bonds is 7. The lowest BCUT2D eigenvalue weighted by molar-refractivity contribution is -0.126. The van der Waals surface area contributed by atoms with Crippen LogP contribution in [0.2, 0.25) is 0 Å². The topological polar surface area (TPSA) is 72.5 Å². The Morgan fingerprint density at radius 1 is 1.21 bits per heavy atom. The van der Waals surface area contributed by atoms with Crippen molar-refractivity contribution in [2.24, 2.45) is 5.92 Å². The van der Waals surface area contributed by atoms with Gasteiger partial charge in [-0.25, -0.2) is 0 Å². The summed E-state index contributed by atoms with van der Waals surface area (Å²) in [5, 5.41) is 6.41. The molecule has 2 heterocycles. The quantitative estimate of drug-likeness (QED) is 0.739. The number of aromatic nitrogens is 1. The van der Waals surface area contributed by atoms with Gasteiger partial charge in [-0.2, -0.15) is 0 Å². The van der Waals surface area contributed by atoms with Crippen molar-refractivity contribution in [1.82, 2.24) is 15.6 Å². The second-order valence-corrected chi connectivity index (χ2v) is 6.81. The van der Waals surface area contributed by atoms with Crippen LogP contribution in [0.15, 0.2) is 42.7 Å². The predicted octanol–water partition coefficient (Wildman–Crippen LogP) is 3.27. The molecule has 152 valence electrons. The maximum Gasteiger partial charge on any atom is 0.223 e. The van der Waals surface area contributed by atoms with E-state index in [1.54, 1.807) is 19.5 Å². The van der Waals surface area contributed by atoms with E-state index in [9.17, 15) is 4.79 Å². The van der Waals surface area contributed by atoms with Crippen LogP contribution in [0.25, 0.3) is 0 Å². The van der Waals surface area contributed by atoms with E-state index in [0.29, 0.717) is 18.1 Å². The van der Waals surface area contributed by atoms with Crippen molar-refractivity contribution in [2.75, 3.05) is 20.2 Å². The smallest absolute Gasteiger partial charge is 0.223 e. The third-order valence-electron chi connectivity index (χ3n) is 4.90. The summed E-state index contributed by atoms with van der Waals surface area (Å²) in [6.45, 7) is 4.25. The Balaban J connectivity index is 0.00000280. The molecule has 1 aliphatic heterocycles. The first-order chi connectivity index (χ1) is 13.2. The fourth-order valence-corrected chi connectivity index (χ4v) is 3.21. The summed E-state index contributed by atoms with van der Waals surface area (Å²) >= 11 is 0. The Labute approximate surface area is 172 Å². The summed E-state index contributed by atoms with van der Waals surface area (Å²) in [5.41, 5.74) is 2.03. The monoisotopic (exact) mass is 405 g/mol. The number of carbonyl (C=O) groups is 1. The van der Waals surface area contributed by atoms with Crippen LogP contribution in [0, 0.1) is 5.92 Å². The van der Waals surface area contributed by atoms with Gasteiger partial charge in [0.2, 0.25) is 5.91 Å². The third kappa shape index (κ3) is 5.84. The highest BCUT2D eigenvalue weighted by Crippen LogP contribution is 2.31. The summed E-state index contributed by atoms with van der Waals surface area (Å²) in [7, 11) is 1.62. The Kier molecular flexibility index (Phi) is 8.54. The Morgan fingerprint density at radius 2 is 1.93 bits per heavy atom. The summed E-state index contributed by atoms with van der Waals surface area (Å²) in [6, 6.07) is 9.53. The van der Waals surface area contributed by atoms with Gasteiger partial charge < -0.3 is 20.1 Å². The van der Waals surface area contributed by atoms with Crippen LogP contribution in [0.4, 0.5) is 0 Å². The molecule has 1 unspecified atom stereocenters. The lowest BCUT2D eigenvalue weighted by Gasteiger charge is -2.24. The number of piperidine rings is 1. The van der Waals surface area contributed by atoms with Gasteiger partial charge in [-0.1, -0.05) is 6.07 Å². The van der Waals surface area contributed by atoms with Crippen molar-refractivity contribution in [3.63, 3.8) is 0 Å². The van der Waals surface area contributed by atoms with Gasteiger partial charge in [-0.05, 0) is 68.2 Å². The molecule has 1 aromatic carbocycles. The third-order valence-corrected chi connectivity index (χ3v) is 4.90. The van der Waals surface area contributed by atoms with E-state index in [1.807, 2.05) is 37.3 Å². The number of carbonyl (C=O) groups excluding carboxylic acids is 1. The first-order valence-corrected chi connectivity index (χ1v) is 9.38. The van der Waals surface area contributed by atoms with Crippen molar-refractivity contribution in [3.05, 3.63) is 53.9 Å². The molecule has 6 nitrogen and oxygen atoms in total. The van der Waals surface area contributed by atoms with Crippen molar-refractivity contribution >= 4 is 18.3 Å². The fraction of sp³-hybridized carbons (Fsp3) is 0.429. The molecular weight excluding hydrogens is 378 g/mol. The van der Waals surface area contributed by atoms with Crippen LogP contribution in [-0.4, -0.2) is 31.1 Å². The molecule has 28 heavy (non-hydrogen) atoms. The summed E-state index contributed by atoms with van der Waals surface area (Å²) in [5.74, 6) is 1.55. The zero-order valence-electron chi connectivity index (χ0n) is 16.3. The van der Waals surface area contributed by atoms with E-state index in [0.717, 1.165) is 37.1 Å². The SMILES string of the molecule is COc1cc(C(C)NC(=O)C2CCNCC2)ccc1OCc1ccncc1.Cl. The minimum atomic E-state index is -0.0875. The lowest BCUT2D eigenvalue weighted by Crippen LogP contribution is -2.39. The van der Waals surface area contributed by atoms with Gasteiger partial charge in [0.05, 0.1) is 13.2 Å². The van der Waals surface area contributed by atoms with Gasteiger partial charge in [0, 0.05) is 18.3 Å². The first-order valence-electron chi connectivity index (χ1n) is 9.38. The second-order valence-electron chi connectivity index (χ2n) is 6.81. The van der Waals surface area contributed by atoms with Crippen LogP contribution >= 0.6 is 12.4 Å². The highest BCUT2D eigenvalue weighted by Gasteiger charge is 2.22. The molecule has 1 saturated heterocycles. The lowest BCUT2D eigenvalue weighted by atomic mass is 9.96. The Hall–Kier alpha value is -2.31. The van der Waals surface area contributed by atoms with E-state index in [4.69, 9.17) is 9.47 Å². The molecular formula is C21H28ClN3O3. The molecule has 1 amide bonds. The number of methoxy groups -OCH3 is 1. The number of hydrogen-bond donors (Lipinski definition) is 2. The number of nitrogens with one attached hydrogen (secondary N) is 2. The van der Waals surface area contributed by atoms with E-state index < -0.39 is 0 Å². The predicted molar refractivity (Wildman–Crippen MR) is 111 cm³/mol. The van der Waals surface area contributed by atoms with E-state index >= 15 is 0 Å². The molecule has 0 radical (unpaired) electrons. The highest BCUT2D eigenvalue weighted by molar-refractivity contribution is 5.85. The van der Waals surface area contributed by atoms with Crippen LogP contribution < -0.4 is 20.1 Å². The summed E-state index contributed by atoms with van der Waals surface area (Å²) < 4.78 is 11.4.